The lowest BCUT2D eigenvalue weighted by Gasteiger charge is -2.23. The second kappa shape index (κ2) is 9.14. The Labute approximate surface area is 163 Å². The second-order valence-electron chi connectivity index (χ2n) is 6.60. The van der Waals surface area contributed by atoms with Crippen molar-refractivity contribution >= 4 is 23.3 Å². The molecule has 9 heteroatoms. The van der Waals surface area contributed by atoms with Crippen molar-refractivity contribution < 1.29 is 9.59 Å². The van der Waals surface area contributed by atoms with Gasteiger partial charge in [0.1, 0.15) is 0 Å². The first-order valence-corrected chi connectivity index (χ1v) is 9.28. The summed E-state index contributed by atoms with van der Waals surface area (Å²) in [5.41, 5.74) is 2.32. The maximum Gasteiger partial charge on any atom is 0.319 e. The van der Waals surface area contributed by atoms with Crippen molar-refractivity contribution in [1.29, 1.82) is 0 Å². The standard InChI is InChI=1S/C19H25N7O2/c1-3-10-21-19(28)23-15-6-4-14(5-7-15)22-18(27)17-13(2)26(25-24-17)16-8-11-20-12-9-16/h3-7,16,20H,1,8-12H2,2H3,(H,22,27)(H2,21,23,28). The Balaban J connectivity index is 1.61. The molecule has 1 aromatic carbocycles. The molecule has 2 heterocycles. The van der Waals surface area contributed by atoms with Gasteiger partial charge in [0.25, 0.3) is 5.91 Å². The third-order valence-electron chi connectivity index (χ3n) is 4.60. The molecule has 2 aromatic rings. The molecule has 1 saturated heterocycles. The Bertz CT molecular complexity index is 838. The first-order valence-electron chi connectivity index (χ1n) is 9.28. The van der Waals surface area contributed by atoms with Crippen molar-refractivity contribution in [3.63, 3.8) is 0 Å². The Hall–Kier alpha value is -3.20. The van der Waals surface area contributed by atoms with Gasteiger partial charge < -0.3 is 21.3 Å². The van der Waals surface area contributed by atoms with Crippen molar-refractivity contribution in [2.24, 2.45) is 0 Å². The zero-order valence-corrected chi connectivity index (χ0v) is 15.9. The van der Waals surface area contributed by atoms with E-state index in [9.17, 15) is 9.59 Å². The van der Waals surface area contributed by atoms with Crippen LogP contribution in [-0.4, -0.2) is 46.6 Å². The molecule has 1 aromatic heterocycles. The molecule has 1 fully saturated rings. The Kier molecular flexibility index (Phi) is 6.38. The van der Waals surface area contributed by atoms with Gasteiger partial charge in [0.05, 0.1) is 11.7 Å². The summed E-state index contributed by atoms with van der Waals surface area (Å²) >= 11 is 0. The maximum absolute atomic E-state index is 12.6. The van der Waals surface area contributed by atoms with E-state index in [2.05, 4.69) is 38.2 Å². The Morgan fingerprint density at radius 2 is 1.86 bits per heavy atom. The Morgan fingerprint density at radius 3 is 2.50 bits per heavy atom. The van der Waals surface area contributed by atoms with Gasteiger partial charge in [0, 0.05) is 17.9 Å². The summed E-state index contributed by atoms with van der Waals surface area (Å²) in [6.07, 6.45) is 3.54. The van der Waals surface area contributed by atoms with E-state index in [-0.39, 0.29) is 18.0 Å². The SMILES string of the molecule is C=CCNC(=O)Nc1ccc(NC(=O)c2nnn(C3CCNCC3)c2C)cc1. The summed E-state index contributed by atoms with van der Waals surface area (Å²) in [4.78, 5) is 24.2. The minimum absolute atomic E-state index is 0.271. The summed E-state index contributed by atoms with van der Waals surface area (Å²) in [6.45, 7) is 7.68. The molecule has 4 N–H and O–H groups in total. The van der Waals surface area contributed by atoms with Gasteiger partial charge in [0.2, 0.25) is 0 Å². The molecule has 3 rings (SSSR count). The number of amides is 3. The van der Waals surface area contributed by atoms with Crippen LogP contribution in [-0.2, 0) is 0 Å². The molecule has 1 aliphatic rings. The summed E-state index contributed by atoms with van der Waals surface area (Å²) in [5, 5.41) is 19.7. The van der Waals surface area contributed by atoms with Crippen molar-refractivity contribution in [3.05, 3.63) is 48.3 Å². The predicted octanol–water partition coefficient (Wildman–Crippen LogP) is 2.07. The van der Waals surface area contributed by atoms with E-state index in [4.69, 9.17) is 0 Å². The molecular formula is C19H25N7O2. The highest BCUT2D eigenvalue weighted by Crippen LogP contribution is 2.21. The van der Waals surface area contributed by atoms with Crippen LogP contribution in [0.5, 0.6) is 0 Å². The molecule has 1 aliphatic heterocycles. The molecule has 3 amide bonds. The van der Waals surface area contributed by atoms with E-state index < -0.39 is 0 Å². The molecule has 0 aliphatic carbocycles. The minimum atomic E-state index is -0.318. The third kappa shape index (κ3) is 4.74. The minimum Gasteiger partial charge on any atom is -0.334 e. The smallest absolute Gasteiger partial charge is 0.319 e. The lowest BCUT2D eigenvalue weighted by molar-refractivity contribution is 0.102. The van der Waals surface area contributed by atoms with Gasteiger partial charge in [-0.2, -0.15) is 0 Å². The van der Waals surface area contributed by atoms with Gasteiger partial charge in [-0.25, -0.2) is 9.48 Å². The number of nitrogens with zero attached hydrogens (tertiary/aromatic N) is 3. The summed E-state index contributed by atoms with van der Waals surface area (Å²) in [6, 6.07) is 6.81. The number of carbonyl (C=O) groups excluding carboxylic acids is 2. The summed E-state index contributed by atoms with van der Waals surface area (Å²) in [7, 11) is 0. The summed E-state index contributed by atoms with van der Waals surface area (Å²) in [5.74, 6) is -0.304. The van der Waals surface area contributed by atoms with E-state index >= 15 is 0 Å². The molecule has 0 unspecified atom stereocenters. The average Bonchev–Trinajstić information content (AvgIpc) is 3.10. The van der Waals surface area contributed by atoms with Gasteiger partial charge in [-0.05, 0) is 57.1 Å². The maximum atomic E-state index is 12.6. The van der Waals surface area contributed by atoms with Crippen LogP contribution in [0.1, 0.15) is 35.1 Å². The van der Waals surface area contributed by atoms with Crippen molar-refractivity contribution in [1.82, 2.24) is 25.6 Å². The number of benzene rings is 1. The van der Waals surface area contributed by atoms with Crippen LogP contribution in [0.25, 0.3) is 0 Å². The van der Waals surface area contributed by atoms with Gasteiger partial charge in [-0.15, -0.1) is 11.7 Å². The van der Waals surface area contributed by atoms with Crippen LogP contribution in [0.15, 0.2) is 36.9 Å². The normalized spacial score (nSPS) is 14.3. The quantitative estimate of drug-likeness (QED) is 0.571. The van der Waals surface area contributed by atoms with Crippen LogP contribution in [0.4, 0.5) is 16.2 Å². The van der Waals surface area contributed by atoms with Crippen molar-refractivity contribution in [3.8, 4) is 0 Å². The number of anilines is 2. The lowest BCUT2D eigenvalue weighted by Crippen LogP contribution is -2.30. The largest absolute Gasteiger partial charge is 0.334 e. The Morgan fingerprint density at radius 1 is 1.21 bits per heavy atom. The topological polar surface area (TPSA) is 113 Å². The number of aromatic nitrogens is 3. The first kappa shape index (κ1) is 19.6. The number of urea groups is 1. The fourth-order valence-electron chi connectivity index (χ4n) is 3.12. The molecule has 0 atom stereocenters. The molecule has 148 valence electrons. The van der Waals surface area contributed by atoms with E-state index in [1.165, 1.54) is 0 Å². The number of hydrogen-bond donors (Lipinski definition) is 4. The van der Waals surface area contributed by atoms with Gasteiger partial charge in [-0.1, -0.05) is 11.3 Å². The highest BCUT2D eigenvalue weighted by molar-refractivity contribution is 6.03. The molecule has 28 heavy (non-hydrogen) atoms. The number of piperidine rings is 1. The highest BCUT2D eigenvalue weighted by atomic mass is 16.2. The summed E-state index contributed by atoms with van der Waals surface area (Å²) < 4.78 is 1.85. The predicted molar refractivity (Wildman–Crippen MR) is 108 cm³/mol. The molecule has 0 bridgehead atoms. The molecule has 0 saturated carbocycles. The lowest BCUT2D eigenvalue weighted by atomic mass is 10.1. The van der Waals surface area contributed by atoms with E-state index in [0.717, 1.165) is 31.6 Å². The highest BCUT2D eigenvalue weighted by Gasteiger charge is 2.22. The van der Waals surface area contributed by atoms with Gasteiger partial charge in [-0.3, -0.25) is 4.79 Å². The fourth-order valence-corrected chi connectivity index (χ4v) is 3.12. The van der Waals surface area contributed by atoms with Crippen LogP contribution in [0, 0.1) is 6.92 Å². The van der Waals surface area contributed by atoms with Crippen LogP contribution >= 0.6 is 0 Å². The second-order valence-corrected chi connectivity index (χ2v) is 6.60. The zero-order chi connectivity index (χ0) is 19.9. The molecule has 9 nitrogen and oxygen atoms in total. The van der Waals surface area contributed by atoms with Crippen LogP contribution in [0.2, 0.25) is 0 Å². The average molecular weight is 383 g/mol. The molecule has 0 spiro atoms. The molecular weight excluding hydrogens is 358 g/mol. The zero-order valence-electron chi connectivity index (χ0n) is 15.9. The molecule has 0 radical (unpaired) electrons. The van der Waals surface area contributed by atoms with Gasteiger partial charge in [0.15, 0.2) is 5.69 Å². The van der Waals surface area contributed by atoms with Crippen molar-refractivity contribution in [2.75, 3.05) is 30.3 Å². The van der Waals surface area contributed by atoms with Gasteiger partial charge >= 0.3 is 6.03 Å². The monoisotopic (exact) mass is 383 g/mol. The number of rotatable bonds is 6. The number of carbonyl (C=O) groups is 2. The van der Waals surface area contributed by atoms with Crippen molar-refractivity contribution in [2.45, 2.75) is 25.8 Å². The third-order valence-corrected chi connectivity index (χ3v) is 4.60. The van der Waals surface area contributed by atoms with Crippen LogP contribution < -0.4 is 21.3 Å². The van der Waals surface area contributed by atoms with E-state index in [0.29, 0.717) is 23.6 Å². The fraction of sp³-hybridized carbons (Fsp3) is 0.368. The number of hydrogen-bond acceptors (Lipinski definition) is 5. The van der Waals surface area contributed by atoms with E-state index in [1.54, 1.807) is 30.3 Å². The number of nitrogens with one attached hydrogen (secondary N) is 4. The van der Waals surface area contributed by atoms with Crippen LogP contribution in [0.3, 0.4) is 0 Å². The first-order chi connectivity index (χ1) is 13.6. The van der Waals surface area contributed by atoms with E-state index in [1.807, 2.05) is 11.6 Å².